The topological polar surface area (TPSA) is 31.5 Å². The fourth-order valence-electron chi connectivity index (χ4n) is 0. The minimum absolute atomic E-state index is 0. The van der Waals surface area contributed by atoms with E-state index in [0.29, 0.717) is 0 Å². The molecule has 0 bridgehead atoms. The van der Waals surface area contributed by atoms with E-state index >= 15 is 0 Å². The second kappa shape index (κ2) is 9.10. The summed E-state index contributed by atoms with van der Waals surface area (Å²) in [5.41, 5.74) is 0. The van der Waals surface area contributed by atoms with Gasteiger partial charge in [-0.25, -0.2) is 0 Å². The molecule has 2 N–H and O–H groups in total. The molecule has 0 aromatic carbocycles. The maximum absolute atomic E-state index is 2.33. The molecule has 0 saturated carbocycles. The average molecular weight is 252 g/mol. The molecule has 4 heavy (non-hydrogen) atoms. The van der Waals surface area contributed by atoms with Crippen LogP contribution in [0.1, 0.15) is 0 Å². The van der Waals surface area contributed by atoms with Gasteiger partial charge in [-0.15, -0.1) is 0 Å². The van der Waals surface area contributed by atoms with E-state index in [1.807, 2.05) is 0 Å². The van der Waals surface area contributed by atoms with Crippen LogP contribution in [0.4, 0.5) is 0 Å². The van der Waals surface area contributed by atoms with E-state index in [9.17, 15) is 0 Å². The monoisotopic (exact) mass is 253 g/mol. The van der Waals surface area contributed by atoms with Gasteiger partial charge in [-0.1, -0.05) is 0 Å². The third kappa shape index (κ3) is 13.1. The summed E-state index contributed by atoms with van der Waals surface area (Å²) in [4.78, 5) is 0. The van der Waals surface area contributed by atoms with Gasteiger partial charge in [-0.05, 0) is 0 Å². The van der Waals surface area contributed by atoms with Crippen LogP contribution in [-0.4, -0.2) is 29.7 Å². The molecular weight excluding hydrogens is 244 g/mol. The van der Waals surface area contributed by atoms with Gasteiger partial charge in [0.1, 0.15) is 0 Å². The first kappa shape index (κ1) is 8.86. The minimum atomic E-state index is -0.000000000000000111. The molecule has 0 amide bonds. The maximum atomic E-state index is 2.33. The summed E-state index contributed by atoms with van der Waals surface area (Å²) >= 11 is -0.000000000000000111. The molecule has 0 aromatic rings. The van der Waals surface area contributed by atoms with Crippen molar-refractivity contribution in [2.75, 3.05) is 0 Å². The van der Waals surface area contributed by atoms with Crippen LogP contribution in [0.3, 0.4) is 0 Å². The van der Waals surface area contributed by atoms with Crippen LogP contribution in [-0.2, 0) is 0 Å². The van der Waals surface area contributed by atoms with Crippen LogP contribution in [0.15, 0.2) is 0 Å². The van der Waals surface area contributed by atoms with E-state index in [1.54, 1.807) is 0 Å². The third-order valence-corrected chi connectivity index (χ3v) is 0. The van der Waals surface area contributed by atoms with E-state index in [0.717, 1.165) is 0 Å². The van der Waals surface area contributed by atoms with Crippen molar-refractivity contribution in [1.29, 1.82) is 0 Å². The quantitative estimate of drug-likeness (QED) is 0.542. The Morgan fingerprint density at radius 2 is 1.25 bits per heavy atom. The van der Waals surface area contributed by atoms with E-state index in [1.165, 1.54) is 0 Å². The Labute approximate surface area is 38.9 Å². The first-order chi connectivity index (χ1) is 1.41. The SMILES string of the molecule is O.[CH3][Tl][CH3]. The van der Waals surface area contributed by atoms with Gasteiger partial charge in [0.05, 0.1) is 0 Å². The van der Waals surface area contributed by atoms with Gasteiger partial charge in [-0.3, -0.25) is 0 Å². The first-order valence-electron chi connectivity index (χ1n) is 1.15. The Bertz CT molecular complexity index is 6.00. The zero-order valence-electron chi connectivity index (χ0n) is 3.08. The van der Waals surface area contributed by atoms with Crippen LogP contribution in [0.5, 0.6) is 0 Å². The first-order valence-corrected chi connectivity index (χ1v) is 10.1. The summed E-state index contributed by atoms with van der Waals surface area (Å²) in [5.74, 6) is 0. The Hall–Kier alpha value is 0.882. The molecule has 0 atom stereocenters. The summed E-state index contributed by atoms with van der Waals surface area (Å²) in [6, 6.07) is 0. The fourth-order valence-corrected chi connectivity index (χ4v) is 0. The van der Waals surface area contributed by atoms with Crippen molar-refractivity contribution in [3.05, 3.63) is 0 Å². The number of hydrogen-bond acceptors (Lipinski definition) is 0. The molecule has 0 heterocycles. The molecule has 0 radical (unpaired) electrons. The second-order valence-electron chi connectivity index (χ2n) is 0.577. The Balaban J connectivity index is 0. The van der Waals surface area contributed by atoms with E-state index in [4.69, 9.17) is 0 Å². The number of rotatable bonds is 0. The molecule has 0 aliphatic heterocycles. The van der Waals surface area contributed by atoms with Crippen LogP contribution >= 0.6 is 0 Å². The van der Waals surface area contributed by atoms with Gasteiger partial charge in [0.15, 0.2) is 0 Å². The van der Waals surface area contributed by atoms with Crippen molar-refractivity contribution in [3.8, 4) is 0 Å². The molecule has 0 aromatic heterocycles. The van der Waals surface area contributed by atoms with E-state index in [-0.39, 0.29) is 29.7 Å². The molecular formula is C2H8OTl. The van der Waals surface area contributed by atoms with Gasteiger partial charge < -0.3 is 5.48 Å². The van der Waals surface area contributed by atoms with Crippen molar-refractivity contribution >= 4 is 24.2 Å². The molecule has 25 valence electrons. The normalized spacial score (nSPS) is 2.50. The molecule has 0 saturated heterocycles. The van der Waals surface area contributed by atoms with Crippen LogP contribution < -0.4 is 0 Å². The van der Waals surface area contributed by atoms with Crippen molar-refractivity contribution < 1.29 is 5.48 Å². The van der Waals surface area contributed by atoms with Gasteiger partial charge >= 0.3 is 33.2 Å². The molecule has 0 unspecified atom stereocenters. The molecule has 0 aliphatic rings. The standard InChI is InChI=1S/2CH3.H2O.Tl/h2*1H3;1H2;. The van der Waals surface area contributed by atoms with Crippen LogP contribution in [0.25, 0.3) is 0 Å². The Morgan fingerprint density at radius 1 is 1.25 bits per heavy atom. The second-order valence-corrected chi connectivity index (χ2v) is 5.07. The van der Waals surface area contributed by atoms with E-state index < -0.39 is 0 Å². The zero-order chi connectivity index (χ0) is 2.71. The summed E-state index contributed by atoms with van der Waals surface area (Å²) in [7, 11) is 0. The van der Waals surface area contributed by atoms with Crippen LogP contribution in [0, 0.1) is 0 Å². The van der Waals surface area contributed by atoms with Gasteiger partial charge in [0.25, 0.3) is 0 Å². The van der Waals surface area contributed by atoms with Crippen molar-refractivity contribution in [2.45, 2.75) is 8.97 Å². The van der Waals surface area contributed by atoms with Crippen molar-refractivity contribution in [2.24, 2.45) is 0 Å². The van der Waals surface area contributed by atoms with Crippen molar-refractivity contribution in [1.82, 2.24) is 0 Å². The molecule has 0 fully saturated rings. The number of hydrogen-bond donors (Lipinski definition) is 0. The molecule has 2 heteroatoms. The Kier molecular flexibility index (Phi) is 20.2. The average Bonchev–Trinajstić information content (AvgIpc) is 0.918. The molecule has 0 rings (SSSR count). The van der Waals surface area contributed by atoms with Gasteiger partial charge in [0, 0.05) is 0 Å². The summed E-state index contributed by atoms with van der Waals surface area (Å²) in [6.45, 7) is 0. The predicted molar refractivity (Wildman–Crippen MR) is 21.1 cm³/mol. The summed E-state index contributed by atoms with van der Waals surface area (Å²) < 4.78 is 4.67. The molecule has 1 nitrogen and oxygen atoms in total. The third-order valence-electron chi connectivity index (χ3n) is 0. The van der Waals surface area contributed by atoms with Gasteiger partial charge in [0.2, 0.25) is 0 Å². The molecule has 0 spiro atoms. The van der Waals surface area contributed by atoms with Crippen LogP contribution in [0.2, 0.25) is 8.97 Å². The molecule has 0 aliphatic carbocycles. The fraction of sp³-hybridized carbons (Fsp3) is 1.00. The van der Waals surface area contributed by atoms with E-state index in [2.05, 4.69) is 8.97 Å². The summed E-state index contributed by atoms with van der Waals surface area (Å²) in [6.07, 6.45) is 0. The Morgan fingerprint density at radius 3 is 1.25 bits per heavy atom. The predicted octanol–water partition coefficient (Wildman–Crippen LogP) is -0.0379. The van der Waals surface area contributed by atoms with Gasteiger partial charge in [-0.2, -0.15) is 0 Å². The summed E-state index contributed by atoms with van der Waals surface area (Å²) in [5, 5.41) is 0. The zero-order valence-corrected chi connectivity index (χ0v) is 7.57. The van der Waals surface area contributed by atoms with Crippen molar-refractivity contribution in [3.63, 3.8) is 0 Å².